The Labute approximate surface area is 145 Å². The van der Waals surface area contributed by atoms with Gasteiger partial charge in [0.15, 0.2) is 10.7 Å². The van der Waals surface area contributed by atoms with E-state index in [1.165, 1.54) is 0 Å². The van der Waals surface area contributed by atoms with Gasteiger partial charge in [-0.15, -0.1) is 0 Å². The first-order valence-corrected chi connectivity index (χ1v) is 9.02. The Balaban J connectivity index is 1.99. The monoisotopic (exact) mass is 340 g/mol. The average Bonchev–Trinajstić information content (AvgIpc) is 3.13. The zero-order chi connectivity index (χ0) is 17.2. The first kappa shape index (κ1) is 16.7. The molecular formula is C18H20N4OS. The van der Waals surface area contributed by atoms with Gasteiger partial charge in [-0.3, -0.25) is 4.68 Å². The third-order valence-corrected chi connectivity index (χ3v) is 5.40. The van der Waals surface area contributed by atoms with Crippen molar-refractivity contribution >= 4 is 11.2 Å². The summed E-state index contributed by atoms with van der Waals surface area (Å²) >= 11 is -1.33. The standard InChI is InChI=1S/C18H20N4OS/c1-4-18(2,3)22-15(10-13-20-22)17-19-12-11-16(21-17)24(23)14-8-6-5-7-9-14/h5-13H,4H2,1-3H3. The van der Waals surface area contributed by atoms with Crippen LogP contribution in [0, 0.1) is 0 Å². The lowest BCUT2D eigenvalue weighted by molar-refractivity contribution is 0.311. The Bertz CT molecular complexity index is 817. The molecule has 3 aromatic rings. The van der Waals surface area contributed by atoms with E-state index in [1.54, 1.807) is 18.5 Å². The highest BCUT2D eigenvalue weighted by atomic mass is 32.2. The second-order valence-corrected chi connectivity index (χ2v) is 7.52. The van der Waals surface area contributed by atoms with Crippen LogP contribution in [0.15, 0.2) is 64.8 Å². The molecule has 0 bridgehead atoms. The van der Waals surface area contributed by atoms with E-state index in [4.69, 9.17) is 0 Å². The molecule has 2 heterocycles. The molecule has 5 nitrogen and oxygen atoms in total. The zero-order valence-corrected chi connectivity index (χ0v) is 14.8. The summed E-state index contributed by atoms with van der Waals surface area (Å²) in [6, 6.07) is 12.9. The number of hydrogen-bond donors (Lipinski definition) is 0. The van der Waals surface area contributed by atoms with Crippen molar-refractivity contribution < 1.29 is 4.55 Å². The highest BCUT2D eigenvalue weighted by molar-refractivity contribution is 7.91. The average molecular weight is 340 g/mol. The van der Waals surface area contributed by atoms with Crippen LogP contribution in [0.3, 0.4) is 0 Å². The summed E-state index contributed by atoms with van der Waals surface area (Å²) in [4.78, 5) is 9.61. The molecule has 0 saturated carbocycles. The van der Waals surface area contributed by atoms with Crippen LogP contribution in [0.5, 0.6) is 0 Å². The van der Waals surface area contributed by atoms with E-state index in [0.29, 0.717) is 10.9 Å². The van der Waals surface area contributed by atoms with Gasteiger partial charge >= 0.3 is 0 Å². The largest absolute Gasteiger partial charge is 0.605 e. The number of benzene rings is 1. The number of rotatable bonds is 5. The van der Waals surface area contributed by atoms with Crippen molar-refractivity contribution in [3.63, 3.8) is 0 Å². The van der Waals surface area contributed by atoms with Crippen molar-refractivity contribution in [2.75, 3.05) is 0 Å². The molecule has 1 atom stereocenters. The molecule has 6 heteroatoms. The third-order valence-electron chi connectivity index (χ3n) is 4.09. The van der Waals surface area contributed by atoms with Gasteiger partial charge in [0.2, 0.25) is 0 Å². The highest BCUT2D eigenvalue weighted by Crippen LogP contribution is 2.26. The van der Waals surface area contributed by atoms with Crippen molar-refractivity contribution in [3.05, 3.63) is 54.9 Å². The lowest BCUT2D eigenvalue weighted by atomic mass is 10.0. The Hall–Kier alpha value is -2.18. The van der Waals surface area contributed by atoms with E-state index in [0.717, 1.165) is 17.0 Å². The topological polar surface area (TPSA) is 66.7 Å². The van der Waals surface area contributed by atoms with Gasteiger partial charge in [-0.1, -0.05) is 25.1 Å². The van der Waals surface area contributed by atoms with Crippen molar-refractivity contribution in [2.45, 2.75) is 42.7 Å². The Kier molecular flexibility index (Phi) is 4.69. The molecule has 1 unspecified atom stereocenters. The van der Waals surface area contributed by atoms with Gasteiger partial charge in [0.1, 0.15) is 5.69 Å². The predicted octanol–water partition coefficient (Wildman–Crippen LogP) is 3.65. The van der Waals surface area contributed by atoms with Gasteiger partial charge in [-0.25, -0.2) is 4.98 Å². The third kappa shape index (κ3) is 3.20. The van der Waals surface area contributed by atoms with Gasteiger partial charge in [0.05, 0.1) is 5.54 Å². The fourth-order valence-electron chi connectivity index (χ4n) is 2.34. The fourth-order valence-corrected chi connectivity index (χ4v) is 3.34. The Morgan fingerprint density at radius 3 is 2.54 bits per heavy atom. The molecule has 0 N–H and O–H groups in total. The summed E-state index contributed by atoms with van der Waals surface area (Å²) < 4.78 is 14.6. The van der Waals surface area contributed by atoms with E-state index in [2.05, 4.69) is 35.8 Å². The van der Waals surface area contributed by atoms with Crippen LogP contribution in [0.1, 0.15) is 27.2 Å². The van der Waals surface area contributed by atoms with Crippen molar-refractivity contribution in [2.24, 2.45) is 0 Å². The smallest absolute Gasteiger partial charge is 0.253 e. The van der Waals surface area contributed by atoms with Gasteiger partial charge in [0, 0.05) is 29.6 Å². The first-order chi connectivity index (χ1) is 11.5. The second kappa shape index (κ2) is 6.75. The van der Waals surface area contributed by atoms with E-state index in [1.807, 2.05) is 41.1 Å². The van der Waals surface area contributed by atoms with E-state index in [-0.39, 0.29) is 5.54 Å². The molecule has 0 amide bonds. The van der Waals surface area contributed by atoms with E-state index >= 15 is 0 Å². The molecule has 24 heavy (non-hydrogen) atoms. The molecular weight excluding hydrogens is 320 g/mol. The van der Waals surface area contributed by atoms with Crippen LogP contribution < -0.4 is 0 Å². The Morgan fingerprint density at radius 1 is 1.08 bits per heavy atom. The minimum Gasteiger partial charge on any atom is -0.605 e. The Morgan fingerprint density at radius 2 is 1.83 bits per heavy atom. The maximum Gasteiger partial charge on any atom is 0.253 e. The lowest BCUT2D eigenvalue weighted by Crippen LogP contribution is -2.27. The highest BCUT2D eigenvalue weighted by Gasteiger charge is 2.24. The molecule has 0 spiro atoms. The molecule has 0 fully saturated rings. The minimum absolute atomic E-state index is 0.142. The molecule has 3 rings (SSSR count). The SMILES string of the molecule is CCC(C)(C)n1nccc1-c1nccc([S+]([O-])c2ccccc2)n1. The predicted molar refractivity (Wildman–Crippen MR) is 94.0 cm³/mol. The van der Waals surface area contributed by atoms with Crippen LogP contribution in [0.25, 0.3) is 11.5 Å². The van der Waals surface area contributed by atoms with Crippen LogP contribution in [0.2, 0.25) is 0 Å². The molecule has 0 radical (unpaired) electrons. The molecule has 0 aliphatic carbocycles. The molecule has 124 valence electrons. The minimum atomic E-state index is -1.33. The van der Waals surface area contributed by atoms with Crippen LogP contribution in [0.4, 0.5) is 0 Å². The number of hydrogen-bond acceptors (Lipinski definition) is 4. The summed E-state index contributed by atoms with van der Waals surface area (Å²) in [5.74, 6) is 0.538. The summed E-state index contributed by atoms with van der Waals surface area (Å²) in [6.45, 7) is 6.36. The molecule has 0 aliphatic rings. The van der Waals surface area contributed by atoms with Gasteiger partial charge < -0.3 is 4.55 Å². The normalized spacial score (nSPS) is 13.0. The summed E-state index contributed by atoms with van der Waals surface area (Å²) in [7, 11) is 0. The van der Waals surface area contributed by atoms with Gasteiger partial charge in [0.25, 0.3) is 5.03 Å². The van der Waals surface area contributed by atoms with Gasteiger partial charge in [-0.2, -0.15) is 10.1 Å². The van der Waals surface area contributed by atoms with Crippen LogP contribution in [-0.2, 0) is 16.7 Å². The molecule has 2 aromatic heterocycles. The molecule has 0 saturated heterocycles. The summed E-state index contributed by atoms with van der Waals surface area (Å²) in [5, 5.41) is 4.92. The quantitative estimate of drug-likeness (QED) is 0.525. The summed E-state index contributed by atoms with van der Waals surface area (Å²) in [5.41, 5.74) is 0.685. The maximum absolute atomic E-state index is 12.7. The first-order valence-electron chi connectivity index (χ1n) is 7.87. The molecule has 1 aromatic carbocycles. The van der Waals surface area contributed by atoms with Crippen molar-refractivity contribution in [3.8, 4) is 11.5 Å². The summed E-state index contributed by atoms with van der Waals surface area (Å²) in [6.07, 6.45) is 4.32. The van der Waals surface area contributed by atoms with Crippen molar-refractivity contribution in [1.29, 1.82) is 0 Å². The number of nitrogens with zero attached hydrogens (tertiary/aromatic N) is 4. The van der Waals surface area contributed by atoms with E-state index < -0.39 is 11.2 Å². The maximum atomic E-state index is 12.7. The molecule has 0 aliphatic heterocycles. The second-order valence-electron chi connectivity index (χ2n) is 6.09. The number of aromatic nitrogens is 4. The van der Waals surface area contributed by atoms with Gasteiger partial charge in [-0.05, 0) is 38.5 Å². The lowest BCUT2D eigenvalue weighted by Gasteiger charge is -2.25. The fraction of sp³-hybridized carbons (Fsp3) is 0.278. The van der Waals surface area contributed by atoms with Crippen LogP contribution >= 0.6 is 0 Å². The zero-order valence-electron chi connectivity index (χ0n) is 14.0. The van der Waals surface area contributed by atoms with Crippen LogP contribution in [-0.4, -0.2) is 24.3 Å². The van der Waals surface area contributed by atoms with Crippen molar-refractivity contribution in [1.82, 2.24) is 19.7 Å². The van der Waals surface area contributed by atoms with E-state index in [9.17, 15) is 4.55 Å².